The van der Waals surface area contributed by atoms with E-state index in [1.54, 1.807) is 14.2 Å². The molecule has 0 fully saturated rings. The topological polar surface area (TPSA) is 44.5 Å². The van der Waals surface area contributed by atoms with Crippen LogP contribution in [0, 0.1) is 0 Å². The summed E-state index contributed by atoms with van der Waals surface area (Å²) in [6.45, 7) is 0. The van der Waals surface area contributed by atoms with Crippen LogP contribution in [0.1, 0.15) is 11.5 Å². The Balaban J connectivity index is 2.15. The summed E-state index contributed by atoms with van der Waals surface area (Å²) >= 11 is 0. The zero-order valence-corrected chi connectivity index (χ0v) is 10.1. The Labute approximate surface area is 102 Å². The highest BCUT2D eigenvalue weighted by Gasteiger charge is 2.21. The molecule has 0 aromatic heterocycles. The van der Waals surface area contributed by atoms with Gasteiger partial charge in [-0.2, -0.15) is 0 Å². The molecule has 3 nitrogen and oxygen atoms in total. The lowest BCUT2D eigenvalue weighted by Crippen LogP contribution is -2.38. The molecular formula is C14H17NO2. The highest BCUT2D eigenvalue weighted by Crippen LogP contribution is 2.27. The fraction of sp³-hybridized carbons (Fsp3) is 0.286. The van der Waals surface area contributed by atoms with Crippen molar-refractivity contribution in [3.8, 4) is 5.75 Å². The first-order chi connectivity index (χ1) is 8.17. The van der Waals surface area contributed by atoms with Gasteiger partial charge in [0.25, 0.3) is 0 Å². The maximum Gasteiger partial charge on any atom is 0.154 e. The third-order valence-corrected chi connectivity index (χ3v) is 2.98. The fourth-order valence-corrected chi connectivity index (χ4v) is 1.81. The summed E-state index contributed by atoms with van der Waals surface area (Å²) in [7, 11) is 3.26. The van der Waals surface area contributed by atoms with Gasteiger partial charge in [0.05, 0.1) is 7.11 Å². The second-order valence-electron chi connectivity index (χ2n) is 4.07. The van der Waals surface area contributed by atoms with Crippen LogP contribution in [0.15, 0.2) is 48.6 Å². The van der Waals surface area contributed by atoms with E-state index in [-0.39, 0.29) is 5.92 Å². The minimum absolute atomic E-state index is 0.243. The summed E-state index contributed by atoms with van der Waals surface area (Å²) < 4.78 is 10.3. The number of rotatable bonds is 3. The zero-order valence-electron chi connectivity index (χ0n) is 10.1. The average Bonchev–Trinajstić information content (AvgIpc) is 2.40. The smallest absolute Gasteiger partial charge is 0.154 e. The Kier molecular flexibility index (Phi) is 3.31. The second kappa shape index (κ2) is 4.73. The number of allylic oxidation sites excluding steroid dienone is 2. The number of ether oxygens (including phenoxy) is 2. The molecule has 0 amide bonds. The van der Waals surface area contributed by atoms with Crippen LogP contribution >= 0.6 is 0 Å². The number of benzene rings is 1. The Morgan fingerprint density at radius 1 is 1.06 bits per heavy atom. The number of hydrogen-bond donors (Lipinski definition) is 1. The van der Waals surface area contributed by atoms with Crippen molar-refractivity contribution in [3.63, 3.8) is 0 Å². The predicted molar refractivity (Wildman–Crippen MR) is 67.9 cm³/mol. The van der Waals surface area contributed by atoms with Gasteiger partial charge in [0.1, 0.15) is 5.75 Å². The van der Waals surface area contributed by atoms with E-state index >= 15 is 0 Å². The molecule has 0 radical (unpaired) electrons. The number of hydrogen-bond acceptors (Lipinski definition) is 3. The Bertz CT molecular complexity index is 420. The van der Waals surface area contributed by atoms with E-state index in [1.807, 2.05) is 36.4 Å². The van der Waals surface area contributed by atoms with Crippen molar-refractivity contribution in [3.05, 3.63) is 54.1 Å². The number of methoxy groups -OCH3 is 2. The lowest BCUT2D eigenvalue weighted by atomic mass is 9.92. The van der Waals surface area contributed by atoms with Crippen LogP contribution in [-0.4, -0.2) is 19.9 Å². The largest absolute Gasteiger partial charge is 0.497 e. The molecule has 2 rings (SSSR count). The normalized spacial score (nSPS) is 27.1. The summed E-state index contributed by atoms with van der Waals surface area (Å²) in [5.41, 5.74) is 6.37. The fourth-order valence-electron chi connectivity index (χ4n) is 1.81. The van der Waals surface area contributed by atoms with Crippen LogP contribution in [0.2, 0.25) is 0 Å². The van der Waals surface area contributed by atoms with Gasteiger partial charge in [0, 0.05) is 13.0 Å². The quantitative estimate of drug-likeness (QED) is 0.640. The molecule has 90 valence electrons. The van der Waals surface area contributed by atoms with Crippen LogP contribution in [0.25, 0.3) is 0 Å². The van der Waals surface area contributed by atoms with Gasteiger partial charge in [-0.1, -0.05) is 24.3 Å². The summed E-state index contributed by atoms with van der Waals surface area (Å²) in [6.07, 6.45) is 7.85. The van der Waals surface area contributed by atoms with Crippen LogP contribution in [-0.2, 0) is 4.74 Å². The van der Waals surface area contributed by atoms with Crippen molar-refractivity contribution in [2.24, 2.45) is 5.73 Å². The molecule has 1 aliphatic carbocycles. The van der Waals surface area contributed by atoms with E-state index in [1.165, 1.54) is 5.56 Å². The van der Waals surface area contributed by atoms with E-state index < -0.39 is 5.72 Å². The molecule has 0 heterocycles. The summed E-state index contributed by atoms with van der Waals surface area (Å²) in [5.74, 6) is 1.11. The molecule has 1 aromatic carbocycles. The molecule has 1 aliphatic rings. The third-order valence-electron chi connectivity index (χ3n) is 2.98. The van der Waals surface area contributed by atoms with Crippen molar-refractivity contribution >= 4 is 0 Å². The summed E-state index contributed by atoms with van der Waals surface area (Å²) in [4.78, 5) is 0. The molecule has 0 saturated carbocycles. The molecule has 0 saturated heterocycles. The maximum absolute atomic E-state index is 5.93. The molecule has 0 atom stereocenters. The SMILES string of the molecule is COc1ccc(C2C=CC(N)(OC)C=C2)cc1. The van der Waals surface area contributed by atoms with Crippen molar-refractivity contribution in [2.45, 2.75) is 11.6 Å². The standard InChI is InChI=1S/C14H17NO2/c1-16-13-5-3-11(4-6-13)12-7-9-14(15,17-2)10-8-12/h3-10,12H,15H2,1-2H3. The first-order valence-electron chi connectivity index (χ1n) is 5.53. The van der Waals surface area contributed by atoms with Gasteiger partial charge < -0.3 is 9.47 Å². The summed E-state index contributed by atoms with van der Waals surface area (Å²) in [5, 5.41) is 0. The lowest BCUT2D eigenvalue weighted by Gasteiger charge is -2.25. The molecule has 0 spiro atoms. The highest BCUT2D eigenvalue weighted by molar-refractivity contribution is 5.37. The van der Waals surface area contributed by atoms with Crippen molar-refractivity contribution in [2.75, 3.05) is 14.2 Å². The van der Waals surface area contributed by atoms with Crippen molar-refractivity contribution < 1.29 is 9.47 Å². The van der Waals surface area contributed by atoms with Crippen LogP contribution in [0.3, 0.4) is 0 Å². The molecular weight excluding hydrogens is 214 g/mol. The van der Waals surface area contributed by atoms with Gasteiger partial charge in [-0.25, -0.2) is 0 Å². The van der Waals surface area contributed by atoms with Crippen molar-refractivity contribution in [1.82, 2.24) is 0 Å². The summed E-state index contributed by atoms with van der Waals surface area (Å²) in [6, 6.07) is 8.01. The Morgan fingerprint density at radius 2 is 1.65 bits per heavy atom. The first-order valence-corrected chi connectivity index (χ1v) is 5.53. The van der Waals surface area contributed by atoms with Crippen molar-refractivity contribution in [1.29, 1.82) is 0 Å². The van der Waals surface area contributed by atoms with E-state index in [0.717, 1.165) is 5.75 Å². The second-order valence-corrected chi connectivity index (χ2v) is 4.07. The average molecular weight is 231 g/mol. The van der Waals surface area contributed by atoms with Gasteiger partial charge in [0.2, 0.25) is 0 Å². The van der Waals surface area contributed by atoms with E-state index in [0.29, 0.717) is 0 Å². The predicted octanol–water partition coefficient (Wildman–Crippen LogP) is 2.21. The lowest BCUT2D eigenvalue weighted by molar-refractivity contribution is 0.0784. The Hall–Kier alpha value is -1.58. The van der Waals surface area contributed by atoms with Gasteiger partial charge in [0.15, 0.2) is 5.72 Å². The van der Waals surface area contributed by atoms with Crippen LogP contribution in [0.4, 0.5) is 0 Å². The van der Waals surface area contributed by atoms with E-state index in [9.17, 15) is 0 Å². The highest BCUT2D eigenvalue weighted by atomic mass is 16.5. The molecule has 1 aromatic rings. The molecule has 0 aliphatic heterocycles. The van der Waals surface area contributed by atoms with Gasteiger partial charge >= 0.3 is 0 Å². The van der Waals surface area contributed by atoms with Gasteiger partial charge in [-0.3, -0.25) is 5.73 Å². The zero-order chi connectivity index (χ0) is 12.3. The van der Waals surface area contributed by atoms with Gasteiger partial charge in [-0.15, -0.1) is 0 Å². The van der Waals surface area contributed by atoms with E-state index in [4.69, 9.17) is 15.2 Å². The minimum atomic E-state index is -0.761. The van der Waals surface area contributed by atoms with Gasteiger partial charge in [-0.05, 0) is 29.8 Å². The molecule has 0 unspecified atom stereocenters. The molecule has 17 heavy (non-hydrogen) atoms. The minimum Gasteiger partial charge on any atom is -0.497 e. The first kappa shape index (κ1) is 11.9. The molecule has 0 bridgehead atoms. The van der Waals surface area contributed by atoms with Crippen LogP contribution in [0.5, 0.6) is 5.75 Å². The maximum atomic E-state index is 5.93. The number of nitrogens with two attached hydrogens (primary N) is 1. The van der Waals surface area contributed by atoms with Crippen LogP contribution < -0.4 is 10.5 Å². The monoisotopic (exact) mass is 231 g/mol. The molecule has 2 N–H and O–H groups in total. The van der Waals surface area contributed by atoms with E-state index in [2.05, 4.69) is 12.1 Å². The Morgan fingerprint density at radius 3 is 2.12 bits per heavy atom. The third kappa shape index (κ3) is 2.57. The molecule has 3 heteroatoms.